The van der Waals surface area contributed by atoms with Crippen molar-refractivity contribution in [3.8, 4) is 0 Å². The zero-order chi connectivity index (χ0) is 19.1. The van der Waals surface area contributed by atoms with E-state index in [4.69, 9.17) is 11.6 Å². The van der Waals surface area contributed by atoms with E-state index in [2.05, 4.69) is 4.98 Å². The molecule has 0 radical (unpaired) electrons. The summed E-state index contributed by atoms with van der Waals surface area (Å²) in [6, 6.07) is 2.36. The first-order valence-electron chi connectivity index (χ1n) is 7.88. The van der Waals surface area contributed by atoms with Crippen LogP contribution in [0.1, 0.15) is 35.0 Å². The molecular formula is C16H16ClF3N2O2S2. The Hall–Kier alpha value is -1.16. The molecule has 0 aliphatic carbocycles. The summed E-state index contributed by atoms with van der Waals surface area (Å²) in [7, 11) is -4.09. The molecule has 0 saturated carbocycles. The molecule has 0 N–H and O–H groups in total. The number of hydrogen-bond acceptors (Lipinski definition) is 4. The highest BCUT2D eigenvalue weighted by Gasteiger charge is 2.36. The monoisotopic (exact) mass is 424 g/mol. The Balaban J connectivity index is 1.81. The Bertz CT molecular complexity index is 904. The van der Waals surface area contributed by atoms with Gasteiger partial charge in [0, 0.05) is 30.1 Å². The van der Waals surface area contributed by atoms with Crippen LogP contribution in [-0.4, -0.2) is 30.8 Å². The third-order valence-electron chi connectivity index (χ3n) is 4.32. The van der Waals surface area contributed by atoms with Crippen molar-refractivity contribution < 1.29 is 21.6 Å². The Morgan fingerprint density at radius 3 is 2.46 bits per heavy atom. The third kappa shape index (κ3) is 3.90. The molecule has 1 saturated heterocycles. The fraction of sp³-hybridized carbons (Fsp3) is 0.438. The number of hydrogen-bond donors (Lipinski definition) is 0. The van der Waals surface area contributed by atoms with Crippen molar-refractivity contribution in [1.29, 1.82) is 0 Å². The van der Waals surface area contributed by atoms with Crippen molar-refractivity contribution in [2.75, 3.05) is 13.1 Å². The van der Waals surface area contributed by atoms with E-state index in [0.717, 1.165) is 22.8 Å². The largest absolute Gasteiger partial charge is 0.416 e. The number of alkyl halides is 3. The van der Waals surface area contributed by atoms with E-state index in [0.29, 0.717) is 18.9 Å². The van der Waals surface area contributed by atoms with Gasteiger partial charge in [0.25, 0.3) is 0 Å². The molecule has 0 amide bonds. The topological polar surface area (TPSA) is 50.3 Å². The van der Waals surface area contributed by atoms with Gasteiger partial charge in [-0.05, 0) is 38.0 Å². The van der Waals surface area contributed by atoms with Crippen molar-refractivity contribution in [3.63, 3.8) is 0 Å². The van der Waals surface area contributed by atoms with E-state index in [1.165, 1.54) is 4.31 Å². The number of nitrogens with zero attached hydrogens (tertiary/aromatic N) is 2. The number of thiazole rings is 1. The summed E-state index contributed by atoms with van der Waals surface area (Å²) in [6.07, 6.45) is -3.49. The van der Waals surface area contributed by atoms with Crippen molar-refractivity contribution in [3.05, 3.63) is 44.9 Å². The van der Waals surface area contributed by atoms with Crippen LogP contribution in [0.15, 0.2) is 28.5 Å². The highest BCUT2D eigenvalue weighted by molar-refractivity contribution is 7.89. The first kappa shape index (κ1) is 19.6. The molecule has 1 aromatic heterocycles. The van der Waals surface area contributed by atoms with E-state index in [-0.39, 0.29) is 24.0 Å². The molecule has 1 fully saturated rings. The van der Waals surface area contributed by atoms with Gasteiger partial charge in [-0.3, -0.25) is 0 Å². The van der Waals surface area contributed by atoms with E-state index >= 15 is 0 Å². The Morgan fingerprint density at radius 1 is 1.27 bits per heavy atom. The predicted octanol–water partition coefficient (Wildman–Crippen LogP) is 4.69. The van der Waals surface area contributed by atoms with Gasteiger partial charge in [0.2, 0.25) is 10.0 Å². The summed E-state index contributed by atoms with van der Waals surface area (Å²) < 4.78 is 65.5. The third-order valence-corrected chi connectivity index (χ3v) is 7.82. The maximum atomic E-state index is 12.9. The predicted molar refractivity (Wildman–Crippen MR) is 94.0 cm³/mol. The van der Waals surface area contributed by atoms with Gasteiger partial charge in [-0.25, -0.2) is 13.4 Å². The van der Waals surface area contributed by atoms with Crippen LogP contribution in [0.25, 0.3) is 0 Å². The maximum Gasteiger partial charge on any atom is 0.416 e. The van der Waals surface area contributed by atoms with Gasteiger partial charge < -0.3 is 0 Å². The summed E-state index contributed by atoms with van der Waals surface area (Å²) in [6.45, 7) is 2.34. The molecule has 1 aliphatic heterocycles. The molecule has 2 heterocycles. The zero-order valence-corrected chi connectivity index (χ0v) is 16.1. The van der Waals surface area contributed by atoms with Gasteiger partial charge in [-0.1, -0.05) is 11.6 Å². The Kier molecular flexibility index (Phi) is 5.35. The number of piperidine rings is 1. The smallest absolute Gasteiger partial charge is 0.246 e. The lowest BCUT2D eigenvalue weighted by Crippen LogP contribution is -2.38. The number of halogens is 4. The van der Waals surface area contributed by atoms with Gasteiger partial charge in [0.1, 0.15) is 4.90 Å². The second kappa shape index (κ2) is 7.10. The average Bonchev–Trinajstić information content (AvgIpc) is 3.00. The first-order chi connectivity index (χ1) is 12.1. The minimum absolute atomic E-state index is 0.164. The number of aryl methyl sites for hydroxylation is 1. The fourth-order valence-corrected chi connectivity index (χ4v) is 5.86. The molecule has 0 spiro atoms. The van der Waals surface area contributed by atoms with Crippen LogP contribution in [0.4, 0.5) is 13.2 Å². The van der Waals surface area contributed by atoms with Gasteiger partial charge >= 0.3 is 6.18 Å². The van der Waals surface area contributed by atoms with Crippen LogP contribution < -0.4 is 0 Å². The number of aromatic nitrogens is 1. The van der Waals surface area contributed by atoms with Crippen LogP contribution in [0.2, 0.25) is 5.02 Å². The van der Waals surface area contributed by atoms with Gasteiger partial charge in [0.05, 0.1) is 15.6 Å². The number of sulfonamides is 1. The first-order valence-corrected chi connectivity index (χ1v) is 10.6. The van der Waals surface area contributed by atoms with E-state index < -0.39 is 26.7 Å². The van der Waals surface area contributed by atoms with Crippen LogP contribution >= 0.6 is 22.9 Å². The molecule has 0 unspecified atom stereocenters. The Labute approximate surface area is 158 Å². The molecule has 26 heavy (non-hydrogen) atoms. The lowest BCUT2D eigenvalue weighted by molar-refractivity contribution is -0.137. The molecule has 10 heteroatoms. The molecule has 1 aromatic carbocycles. The summed E-state index contributed by atoms with van der Waals surface area (Å²) in [5.74, 6) is 0.164. The molecular weight excluding hydrogens is 409 g/mol. The molecule has 4 nitrogen and oxygen atoms in total. The maximum absolute atomic E-state index is 12.9. The normalized spacial score (nSPS) is 17.6. The summed E-state index contributed by atoms with van der Waals surface area (Å²) in [4.78, 5) is 3.93. The Morgan fingerprint density at radius 2 is 1.92 bits per heavy atom. The second-order valence-corrected chi connectivity index (χ2v) is 9.35. The molecule has 2 aromatic rings. The minimum Gasteiger partial charge on any atom is -0.246 e. The van der Waals surface area contributed by atoms with E-state index in [1.54, 1.807) is 11.3 Å². The number of benzene rings is 1. The van der Waals surface area contributed by atoms with E-state index in [9.17, 15) is 21.6 Å². The standard InChI is InChI=1S/C16H16ClF3N2O2S2/c1-10-9-25-15(21-10)11-4-6-22(7-5-11)26(23,24)14-8-12(16(18,19)20)2-3-13(14)17/h2-3,8-9,11H,4-7H2,1H3. The van der Waals surface area contributed by atoms with Crippen LogP contribution in [0.5, 0.6) is 0 Å². The lowest BCUT2D eigenvalue weighted by atomic mass is 9.99. The number of rotatable bonds is 3. The molecule has 1 aliphatic rings. The molecule has 0 bridgehead atoms. The SMILES string of the molecule is Cc1csc(C2CCN(S(=O)(=O)c3cc(C(F)(F)F)ccc3Cl)CC2)n1. The van der Waals surface area contributed by atoms with Gasteiger partial charge in [0.15, 0.2) is 0 Å². The molecule has 3 rings (SSSR count). The van der Waals surface area contributed by atoms with Crippen molar-refractivity contribution in [1.82, 2.24) is 9.29 Å². The summed E-state index contributed by atoms with van der Waals surface area (Å²) in [5.41, 5.74) is -0.107. The highest BCUT2D eigenvalue weighted by atomic mass is 35.5. The molecule has 0 atom stereocenters. The molecule has 142 valence electrons. The van der Waals surface area contributed by atoms with Gasteiger partial charge in [-0.15, -0.1) is 11.3 Å². The van der Waals surface area contributed by atoms with Crippen molar-refractivity contribution in [2.45, 2.75) is 36.8 Å². The summed E-state index contributed by atoms with van der Waals surface area (Å²) >= 11 is 7.44. The highest BCUT2D eigenvalue weighted by Crippen LogP contribution is 2.36. The van der Waals surface area contributed by atoms with Crippen molar-refractivity contribution in [2.24, 2.45) is 0 Å². The van der Waals surface area contributed by atoms with Crippen LogP contribution in [-0.2, 0) is 16.2 Å². The lowest BCUT2D eigenvalue weighted by Gasteiger charge is -2.30. The van der Waals surface area contributed by atoms with Crippen LogP contribution in [0.3, 0.4) is 0 Å². The summed E-state index contributed by atoms with van der Waals surface area (Å²) in [5, 5.41) is 2.70. The van der Waals surface area contributed by atoms with Gasteiger partial charge in [-0.2, -0.15) is 17.5 Å². The zero-order valence-electron chi connectivity index (χ0n) is 13.8. The quantitative estimate of drug-likeness (QED) is 0.718. The van der Waals surface area contributed by atoms with E-state index in [1.807, 2.05) is 12.3 Å². The average molecular weight is 425 g/mol. The van der Waals surface area contributed by atoms with Crippen LogP contribution in [0, 0.1) is 6.92 Å². The second-order valence-electron chi connectivity index (χ2n) is 6.15. The van der Waals surface area contributed by atoms with Crippen molar-refractivity contribution >= 4 is 33.0 Å². The minimum atomic E-state index is -4.63. The fourth-order valence-electron chi connectivity index (χ4n) is 2.92.